The van der Waals surface area contributed by atoms with Gasteiger partial charge < -0.3 is 0 Å². The van der Waals surface area contributed by atoms with Crippen molar-refractivity contribution in [1.29, 1.82) is 0 Å². The molecule has 29 heavy (non-hydrogen) atoms. The van der Waals surface area contributed by atoms with Gasteiger partial charge in [-0.25, -0.2) is 15.8 Å². The highest BCUT2D eigenvalue weighted by Gasteiger charge is 1.98. The van der Waals surface area contributed by atoms with E-state index in [9.17, 15) is 0 Å². The number of hydrazone groups is 2. The average Bonchev–Trinajstić information content (AvgIpc) is 2.71. The number of aliphatic imine (C=N–C) groups is 1. The van der Waals surface area contributed by atoms with Gasteiger partial charge in [-0.3, -0.25) is 0 Å². The second-order valence-electron chi connectivity index (χ2n) is 6.14. The van der Waals surface area contributed by atoms with Crippen LogP contribution >= 0.6 is 23.2 Å². The van der Waals surface area contributed by atoms with E-state index in [1.54, 1.807) is 36.7 Å². The first kappa shape index (κ1) is 20.6. The Bertz CT molecular complexity index is 966. The third-order valence-electron chi connectivity index (χ3n) is 3.75. The van der Waals surface area contributed by atoms with Gasteiger partial charge in [0.15, 0.2) is 0 Å². The molecule has 3 aromatic rings. The highest BCUT2D eigenvalue weighted by molar-refractivity contribution is 6.30. The fourth-order valence-electron chi connectivity index (χ4n) is 2.34. The SMILES string of the molecule is Cc1cccc(N=C(NN=Cc2ccc(Cl)cc2)NN=Cc2ccc(Cl)cc2)c1. The van der Waals surface area contributed by atoms with Crippen LogP contribution in [-0.2, 0) is 0 Å². The van der Waals surface area contributed by atoms with E-state index in [0.717, 1.165) is 22.4 Å². The van der Waals surface area contributed by atoms with E-state index in [0.29, 0.717) is 16.0 Å². The van der Waals surface area contributed by atoms with E-state index in [2.05, 4.69) is 26.0 Å². The zero-order chi connectivity index (χ0) is 20.5. The van der Waals surface area contributed by atoms with Gasteiger partial charge in [-0.15, -0.1) is 0 Å². The van der Waals surface area contributed by atoms with Crippen molar-refractivity contribution in [2.75, 3.05) is 0 Å². The number of rotatable bonds is 5. The summed E-state index contributed by atoms with van der Waals surface area (Å²) in [6.07, 6.45) is 3.35. The number of nitrogens with zero attached hydrogens (tertiary/aromatic N) is 3. The molecule has 0 heterocycles. The minimum absolute atomic E-state index is 0.381. The maximum Gasteiger partial charge on any atom is 0.238 e. The van der Waals surface area contributed by atoms with Crippen molar-refractivity contribution in [3.8, 4) is 0 Å². The van der Waals surface area contributed by atoms with Gasteiger partial charge in [-0.05, 0) is 60.0 Å². The summed E-state index contributed by atoms with van der Waals surface area (Å²) < 4.78 is 0. The largest absolute Gasteiger partial charge is 0.246 e. The number of halogens is 2. The Labute approximate surface area is 179 Å². The summed E-state index contributed by atoms with van der Waals surface area (Å²) >= 11 is 11.8. The molecule has 0 amide bonds. The average molecular weight is 424 g/mol. The van der Waals surface area contributed by atoms with E-state index in [-0.39, 0.29) is 0 Å². The highest BCUT2D eigenvalue weighted by atomic mass is 35.5. The molecule has 0 unspecified atom stereocenters. The summed E-state index contributed by atoms with van der Waals surface area (Å²) in [4.78, 5) is 4.53. The molecule has 0 aliphatic rings. The number of guanidine groups is 1. The number of hydrogen-bond donors (Lipinski definition) is 2. The van der Waals surface area contributed by atoms with E-state index in [1.165, 1.54) is 0 Å². The number of nitrogens with one attached hydrogen (secondary N) is 2. The first-order chi connectivity index (χ1) is 14.1. The van der Waals surface area contributed by atoms with Gasteiger partial charge in [-0.1, -0.05) is 59.6 Å². The molecule has 0 atom stereocenters. The van der Waals surface area contributed by atoms with Crippen LogP contribution < -0.4 is 10.9 Å². The van der Waals surface area contributed by atoms with Crippen molar-refractivity contribution >= 4 is 47.3 Å². The van der Waals surface area contributed by atoms with Crippen LogP contribution in [0, 0.1) is 6.92 Å². The quantitative estimate of drug-likeness (QED) is 0.321. The first-order valence-corrected chi connectivity index (χ1v) is 9.59. The Hall–Kier alpha value is -3.15. The van der Waals surface area contributed by atoms with E-state index < -0.39 is 0 Å². The molecule has 0 saturated carbocycles. The van der Waals surface area contributed by atoms with Crippen molar-refractivity contribution in [3.05, 3.63) is 99.5 Å². The summed E-state index contributed by atoms with van der Waals surface area (Å²) in [6, 6.07) is 22.5. The Morgan fingerprint density at radius 2 is 1.28 bits per heavy atom. The molecule has 2 N–H and O–H groups in total. The van der Waals surface area contributed by atoms with Crippen molar-refractivity contribution in [1.82, 2.24) is 10.9 Å². The minimum Gasteiger partial charge on any atom is -0.246 e. The van der Waals surface area contributed by atoms with Crippen LogP contribution in [0.5, 0.6) is 0 Å². The van der Waals surface area contributed by atoms with Gasteiger partial charge in [0.25, 0.3) is 0 Å². The van der Waals surface area contributed by atoms with Gasteiger partial charge in [0, 0.05) is 10.0 Å². The van der Waals surface area contributed by atoms with Gasteiger partial charge >= 0.3 is 0 Å². The van der Waals surface area contributed by atoms with Crippen molar-refractivity contribution < 1.29 is 0 Å². The van der Waals surface area contributed by atoms with Crippen molar-refractivity contribution in [2.24, 2.45) is 15.2 Å². The molecule has 146 valence electrons. The summed E-state index contributed by atoms with van der Waals surface area (Å²) in [7, 11) is 0. The fraction of sp³-hybridized carbons (Fsp3) is 0.0455. The molecule has 3 rings (SSSR count). The number of aryl methyl sites for hydroxylation is 1. The summed E-state index contributed by atoms with van der Waals surface area (Å²) in [5, 5.41) is 9.80. The molecular weight excluding hydrogens is 405 g/mol. The standard InChI is InChI=1S/C22H19Cl2N5/c1-16-3-2-4-21(13-16)27-22(28-25-14-17-5-9-19(23)10-6-17)29-26-15-18-7-11-20(24)12-8-18/h2-15H,1H3,(H2,27,28,29). The van der Waals surface area contributed by atoms with Crippen molar-refractivity contribution in [3.63, 3.8) is 0 Å². The molecule has 5 nitrogen and oxygen atoms in total. The number of hydrogen-bond acceptors (Lipinski definition) is 3. The monoisotopic (exact) mass is 423 g/mol. The van der Waals surface area contributed by atoms with Crippen LogP contribution in [0.25, 0.3) is 0 Å². The lowest BCUT2D eigenvalue weighted by Crippen LogP contribution is -2.30. The Balaban J connectivity index is 1.73. The van der Waals surface area contributed by atoms with Crippen LogP contribution in [0.2, 0.25) is 10.0 Å². The van der Waals surface area contributed by atoms with Crippen LogP contribution in [0.1, 0.15) is 16.7 Å². The first-order valence-electron chi connectivity index (χ1n) is 8.83. The van der Waals surface area contributed by atoms with Gasteiger partial charge in [0.2, 0.25) is 5.96 Å². The molecule has 3 aromatic carbocycles. The smallest absolute Gasteiger partial charge is 0.238 e. The summed E-state index contributed by atoms with van der Waals surface area (Å²) in [5.41, 5.74) is 9.47. The molecule has 0 bridgehead atoms. The zero-order valence-electron chi connectivity index (χ0n) is 15.7. The molecule has 7 heteroatoms. The topological polar surface area (TPSA) is 61.1 Å². The normalized spacial score (nSPS) is 11.0. The highest BCUT2D eigenvalue weighted by Crippen LogP contribution is 2.13. The van der Waals surface area contributed by atoms with E-state index in [4.69, 9.17) is 23.2 Å². The Morgan fingerprint density at radius 3 is 1.76 bits per heavy atom. The van der Waals surface area contributed by atoms with Gasteiger partial charge in [0.05, 0.1) is 18.1 Å². The molecule has 0 spiro atoms. The van der Waals surface area contributed by atoms with E-state index in [1.807, 2.05) is 55.5 Å². The van der Waals surface area contributed by atoms with Crippen molar-refractivity contribution in [2.45, 2.75) is 6.92 Å². The second kappa shape index (κ2) is 10.4. The summed E-state index contributed by atoms with van der Waals surface area (Å²) in [5.74, 6) is 0.381. The number of benzene rings is 3. The van der Waals surface area contributed by atoms with Gasteiger partial charge in [0.1, 0.15) is 0 Å². The lowest BCUT2D eigenvalue weighted by atomic mass is 10.2. The molecule has 0 aliphatic carbocycles. The summed E-state index contributed by atoms with van der Waals surface area (Å²) in [6.45, 7) is 2.01. The predicted octanol–water partition coefficient (Wildman–Crippen LogP) is 5.54. The predicted molar refractivity (Wildman–Crippen MR) is 123 cm³/mol. The second-order valence-corrected chi connectivity index (χ2v) is 7.02. The fourth-order valence-corrected chi connectivity index (χ4v) is 2.59. The molecule has 0 radical (unpaired) electrons. The molecular formula is C22H19Cl2N5. The van der Waals surface area contributed by atoms with E-state index >= 15 is 0 Å². The minimum atomic E-state index is 0.381. The lowest BCUT2D eigenvalue weighted by molar-refractivity contribution is 0.905. The maximum absolute atomic E-state index is 5.90. The zero-order valence-corrected chi connectivity index (χ0v) is 17.2. The molecule has 0 aromatic heterocycles. The van der Waals surface area contributed by atoms with Crippen LogP contribution in [0.3, 0.4) is 0 Å². The van der Waals surface area contributed by atoms with Crippen LogP contribution in [0.4, 0.5) is 5.69 Å². The molecule has 0 aliphatic heterocycles. The third-order valence-corrected chi connectivity index (χ3v) is 4.25. The Morgan fingerprint density at radius 1 is 0.759 bits per heavy atom. The Kier molecular flexibility index (Phi) is 7.39. The van der Waals surface area contributed by atoms with Crippen LogP contribution in [0.15, 0.2) is 88.0 Å². The van der Waals surface area contributed by atoms with Gasteiger partial charge in [-0.2, -0.15) is 10.2 Å². The maximum atomic E-state index is 5.90. The molecule has 0 saturated heterocycles. The lowest BCUT2D eigenvalue weighted by Gasteiger charge is -2.05. The van der Waals surface area contributed by atoms with Crippen LogP contribution in [-0.4, -0.2) is 18.4 Å². The third kappa shape index (κ3) is 7.07. The molecule has 0 fully saturated rings.